The quantitative estimate of drug-likeness (QED) is 0.174. The second-order valence-corrected chi connectivity index (χ2v) is 10.3. The topological polar surface area (TPSA) is 47.6 Å². The number of hydrogen-bond donors (Lipinski definition) is 0. The van der Waals surface area contributed by atoms with E-state index in [2.05, 4.69) is 109 Å². The molecule has 0 heterocycles. The molecule has 182 valence electrons. The van der Waals surface area contributed by atoms with Crippen LogP contribution < -0.4 is 0 Å². The molecule has 0 aliphatic heterocycles. The normalized spacial score (nSPS) is 11.4. The van der Waals surface area contributed by atoms with Crippen molar-refractivity contribution in [2.24, 2.45) is 0 Å². The zero-order chi connectivity index (χ0) is 26.8. The van der Waals surface area contributed by atoms with Gasteiger partial charge in [-0.1, -0.05) is 109 Å². The molecule has 0 amide bonds. The van der Waals surface area contributed by atoms with Crippen molar-refractivity contribution in [1.29, 1.82) is 10.5 Å². The average Bonchev–Trinajstić information content (AvgIpc) is 3.03. The minimum atomic E-state index is 0.391. The van der Waals surface area contributed by atoms with Gasteiger partial charge in [-0.25, -0.2) is 0 Å². The van der Waals surface area contributed by atoms with Crippen LogP contribution in [0.2, 0.25) is 0 Å². The summed E-state index contributed by atoms with van der Waals surface area (Å²) < 4.78 is 0. The van der Waals surface area contributed by atoms with Crippen molar-refractivity contribution in [1.82, 2.24) is 0 Å². The number of nitrogens with zero attached hydrogens (tertiary/aromatic N) is 2. The summed E-state index contributed by atoms with van der Waals surface area (Å²) in [6, 6.07) is 46.8. The number of rotatable bonds is 2. The average molecular weight is 505 g/mol. The third-order valence-corrected chi connectivity index (χ3v) is 8.24. The number of nitriles is 2. The minimum Gasteiger partial charge on any atom is -0.192 e. The third-order valence-electron chi connectivity index (χ3n) is 8.24. The van der Waals surface area contributed by atoms with Crippen LogP contribution in [0.25, 0.3) is 76.1 Å². The van der Waals surface area contributed by atoms with E-state index in [1.165, 1.54) is 43.1 Å². The molecule has 0 unspecified atom stereocenters. The first-order valence-electron chi connectivity index (χ1n) is 13.3. The molecular weight excluding hydrogens is 484 g/mol. The lowest BCUT2D eigenvalue weighted by molar-refractivity contribution is 1.45. The largest absolute Gasteiger partial charge is 0.192 e. The Morgan fingerprint density at radius 1 is 0.375 bits per heavy atom. The molecule has 0 aliphatic rings. The fourth-order valence-corrected chi connectivity index (χ4v) is 6.64. The van der Waals surface area contributed by atoms with Crippen molar-refractivity contribution in [2.45, 2.75) is 0 Å². The predicted octanol–water partition coefficient (Wildman–Crippen LogP) is 9.97. The lowest BCUT2D eigenvalue weighted by atomic mass is 9.79. The van der Waals surface area contributed by atoms with E-state index in [0.29, 0.717) is 11.1 Å². The SMILES string of the molecule is N#Cc1cc2c(-c3ccccc3)c3c4cccc5ccc6cccc(c3c(-c3ccccc3)c2cc1C#N)c6c54. The first-order chi connectivity index (χ1) is 19.8. The minimum absolute atomic E-state index is 0.391. The van der Waals surface area contributed by atoms with Gasteiger partial charge in [0.15, 0.2) is 0 Å². The fraction of sp³-hybridized carbons (Fsp3) is 0. The fourth-order valence-electron chi connectivity index (χ4n) is 6.64. The van der Waals surface area contributed by atoms with Crippen LogP contribution in [0.3, 0.4) is 0 Å². The predicted molar refractivity (Wildman–Crippen MR) is 165 cm³/mol. The van der Waals surface area contributed by atoms with Crippen molar-refractivity contribution in [3.05, 3.63) is 132 Å². The maximum Gasteiger partial charge on any atom is 0.101 e. The Morgan fingerprint density at radius 3 is 1.20 bits per heavy atom. The van der Waals surface area contributed by atoms with Crippen LogP contribution in [-0.4, -0.2) is 0 Å². The number of benzene rings is 8. The molecule has 0 bridgehead atoms. The highest BCUT2D eigenvalue weighted by molar-refractivity contribution is 6.40. The molecule has 0 radical (unpaired) electrons. The summed E-state index contributed by atoms with van der Waals surface area (Å²) in [6.07, 6.45) is 0. The van der Waals surface area contributed by atoms with Gasteiger partial charge in [-0.2, -0.15) is 10.5 Å². The van der Waals surface area contributed by atoms with Gasteiger partial charge >= 0.3 is 0 Å². The summed E-state index contributed by atoms with van der Waals surface area (Å²) >= 11 is 0. The smallest absolute Gasteiger partial charge is 0.101 e. The molecular formula is C38H20N2. The highest BCUT2D eigenvalue weighted by atomic mass is 14.3. The molecule has 2 heteroatoms. The van der Waals surface area contributed by atoms with Crippen molar-refractivity contribution >= 4 is 53.9 Å². The Labute approximate surface area is 230 Å². The van der Waals surface area contributed by atoms with Gasteiger partial charge in [0.05, 0.1) is 11.1 Å². The van der Waals surface area contributed by atoms with E-state index in [-0.39, 0.29) is 0 Å². The van der Waals surface area contributed by atoms with Gasteiger partial charge in [0.2, 0.25) is 0 Å². The Hall–Kier alpha value is -5.70. The van der Waals surface area contributed by atoms with Gasteiger partial charge in [-0.15, -0.1) is 0 Å². The molecule has 0 aromatic heterocycles. The maximum atomic E-state index is 10.0. The van der Waals surface area contributed by atoms with Crippen LogP contribution in [0.4, 0.5) is 0 Å². The molecule has 0 saturated carbocycles. The standard InChI is InChI=1S/C38H20N2/c39-21-27-19-31-32(20-28(27)22-40)36(24-11-5-2-6-12-24)38-30-16-8-14-26-18-17-25-13-7-15-29(33(25)34(26)30)37(38)35(31)23-9-3-1-4-10-23/h1-20H. The van der Waals surface area contributed by atoms with Crippen molar-refractivity contribution in [3.8, 4) is 34.4 Å². The Kier molecular flexibility index (Phi) is 4.68. The van der Waals surface area contributed by atoms with E-state index in [4.69, 9.17) is 0 Å². The molecule has 0 atom stereocenters. The molecule has 8 aromatic carbocycles. The first-order valence-corrected chi connectivity index (χ1v) is 13.3. The summed E-state index contributed by atoms with van der Waals surface area (Å²) in [7, 11) is 0. The van der Waals surface area contributed by atoms with E-state index in [0.717, 1.165) is 33.0 Å². The van der Waals surface area contributed by atoms with Crippen molar-refractivity contribution in [3.63, 3.8) is 0 Å². The highest BCUT2D eigenvalue weighted by Crippen LogP contribution is 2.51. The van der Waals surface area contributed by atoms with Crippen LogP contribution in [0.1, 0.15) is 11.1 Å². The molecule has 2 nitrogen and oxygen atoms in total. The van der Waals surface area contributed by atoms with Crippen LogP contribution in [0.15, 0.2) is 121 Å². The highest BCUT2D eigenvalue weighted by Gasteiger charge is 2.24. The van der Waals surface area contributed by atoms with Gasteiger partial charge in [-0.05, 0) is 88.2 Å². The Balaban J connectivity index is 1.81. The van der Waals surface area contributed by atoms with Gasteiger partial charge < -0.3 is 0 Å². The summed E-state index contributed by atoms with van der Waals surface area (Å²) in [5.41, 5.74) is 5.13. The molecule has 40 heavy (non-hydrogen) atoms. The van der Waals surface area contributed by atoms with Gasteiger partial charge in [0, 0.05) is 0 Å². The zero-order valence-electron chi connectivity index (χ0n) is 21.4. The second-order valence-electron chi connectivity index (χ2n) is 10.3. The van der Waals surface area contributed by atoms with Gasteiger partial charge in [0.1, 0.15) is 12.1 Å². The lowest BCUT2D eigenvalue weighted by Gasteiger charge is -2.23. The number of fused-ring (bicyclic) bond motifs is 4. The van der Waals surface area contributed by atoms with Crippen LogP contribution >= 0.6 is 0 Å². The first kappa shape index (κ1) is 22.3. The molecule has 8 rings (SSSR count). The van der Waals surface area contributed by atoms with Crippen molar-refractivity contribution in [2.75, 3.05) is 0 Å². The molecule has 0 N–H and O–H groups in total. The molecule has 0 spiro atoms. The monoisotopic (exact) mass is 504 g/mol. The lowest BCUT2D eigenvalue weighted by Crippen LogP contribution is -1.96. The van der Waals surface area contributed by atoms with Crippen LogP contribution in [-0.2, 0) is 0 Å². The summed E-state index contributed by atoms with van der Waals surface area (Å²) in [4.78, 5) is 0. The van der Waals surface area contributed by atoms with Gasteiger partial charge in [-0.3, -0.25) is 0 Å². The van der Waals surface area contributed by atoms with Crippen LogP contribution in [0, 0.1) is 22.7 Å². The summed E-state index contributed by atoms with van der Waals surface area (Å²) in [5.74, 6) is 0. The van der Waals surface area contributed by atoms with E-state index >= 15 is 0 Å². The third kappa shape index (κ3) is 2.97. The summed E-state index contributed by atoms with van der Waals surface area (Å²) in [6.45, 7) is 0. The number of hydrogen-bond acceptors (Lipinski definition) is 2. The van der Waals surface area contributed by atoms with E-state index in [1.807, 2.05) is 24.3 Å². The molecule has 0 fully saturated rings. The van der Waals surface area contributed by atoms with Gasteiger partial charge in [0.25, 0.3) is 0 Å². The molecule has 0 saturated heterocycles. The molecule has 8 aromatic rings. The Morgan fingerprint density at radius 2 is 0.800 bits per heavy atom. The maximum absolute atomic E-state index is 10.0. The second kappa shape index (κ2) is 8.40. The zero-order valence-corrected chi connectivity index (χ0v) is 21.4. The van der Waals surface area contributed by atoms with E-state index in [1.54, 1.807) is 0 Å². The summed E-state index contributed by atoms with van der Waals surface area (Å²) in [5, 5.41) is 31.7. The van der Waals surface area contributed by atoms with Crippen molar-refractivity contribution < 1.29 is 0 Å². The van der Waals surface area contributed by atoms with Crippen LogP contribution in [0.5, 0.6) is 0 Å². The Bertz CT molecular complexity index is 2200. The van der Waals surface area contributed by atoms with E-state index in [9.17, 15) is 10.5 Å². The molecule has 0 aliphatic carbocycles. The van der Waals surface area contributed by atoms with E-state index < -0.39 is 0 Å².